The Bertz CT molecular complexity index is 1120. The van der Waals surface area contributed by atoms with E-state index in [4.69, 9.17) is 14.6 Å². The number of sulfonamides is 1. The van der Waals surface area contributed by atoms with Crippen molar-refractivity contribution in [3.05, 3.63) is 60.2 Å². The fourth-order valence-corrected chi connectivity index (χ4v) is 3.37. The van der Waals surface area contributed by atoms with Crippen molar-refractivity contribution in [2.75, 3.05) is 19.5 Å². The van der Waals surface area contributed by atoms with Gasteiger partial charge in [0.15, 0.2) is 0 Å². The van der Waals surface area contributed by atoms with Crippen LogP contribution in [0.25, 0.3) is 0 Å². The van der Waals surface area contributed by atoms with Gasteiger partial charge in [0.1, 0.15) is 16.4 Å². The Morgan fingerprint density at radius 1 is 1.03 bits per heavy atom. The lowest BCUT2D eigenvalue weighted by molar-refractivity contribution is -0.131. The lowest BCUT2D eigenvalue weighted by Gasteiger charge is -2.11. The zero-order valence-electron chi connectivity index (χ0n) is 16.9. The molecular weight excluding hydrogens is 426 g/mol. The number of hydrogen-bond acceptors (Lipinski definition) is 7. The highest BCUT2D eigenvalue weighted by molar-refractivity contribution is 7.89. The van der Waals surface area contributed by atoms with E-state index in [9.17, 15) is 18.0 Å². The summed E-state index contributed by atoms with van der Waals surface area (Å²) in [5.74, 6) is -1.27. The summed E-state index contributed by atoms with van der Waals surface area (Å²) in [6.07, 6.45) is 1.62. The molecule has 11 heteroatoms. The average Bonchev–Trinajstić information content (AvgIpc) is 2.76. The number of nitrogens with one attached hydrogen (secondary N) is 2. The second-order valence-electron chi connectivity index (χ2n) is 6.05. The first kappa shape index (κ1) is 23.4. The minimum absolute atomic E-state index is 0.0974. The molecule has 2 aromatic carbocycles. The third-order valence-electron chi connectivity index (χ3n) is 3.94. The topological polar surface area (TPSA) is 143 Å². The van der Waals surface area contributed by atoms with E-state index in [0.29, 0.717) is 22.7 Å². The van der Waals surface area contributed by atoms with Crippen LogP contribution in [0.2, 0.25) is 0 Å². The molecule has 31 heavy (non-hydrogen) atoms. The van der Waals surface area contributed by atoms with Gasteiger partial charge in [-0.3, -0.25) is 4.79 Å². The highest BCUT2D eigenvalue weighted by atomic mass is 32.2. The number of hydrazone groups is 1. The summed E-state index contributed by atoms with van der Waals surface area (Å²) in [4.78, 5) is 24.1. The summed E-state index contributed by atoms with van der Waals surface area (Å²) < 4.78 is 35.4. The minimum atomic E-state index is -4.00. The second-order valence-corrected chi connectivity index (χ2v) is 7.68. The van der Waals surface area contributed by atoms with Crippen LogP contribution < -0.4 is 19.6 Å². The van der Waals surface area contributed by atoms with Gasteiger partial charge in [0.05, 0.1) is 19.9 Å². The molecule has 0 aliphatic carbocycles. The summed E-state index contributed by atoms with van der Waals surface area (Å²) in [6.45, 7) is 1.61. The highest BCUT2D eigenvalue weighted by Crippen LogP contribution is 2.28. The molecule has 0 aliphatic heterocycles. The number of carbonyl (C=O) groups excluding carboxylic acids is 1. The molecule has 10 nitrogen and oxygen atoms in total. The van der Waals surface area contributed by atoms with E-state index in [-0.39, 0.29) is 10.6 Å². The van der Waals surface area contributed by atoms with Crippen LogP contribution in [-0.2, 0) is 19.6 Å². The standard InChI is InChI=1S/C20H21N3O7S/c1-13(14-4-6-15(7-5-14)21-19(24)10-11-20(25)26)22-23-31(27,28)18-9-8-16(29-2)12-17(18)30-3/h4-12,23H,1-3H3,(H,21,24)(H,25,26). The maximum absolute atomic E-state index is 12.6. The van der Waals surface area contributed by atoms with E-state index < -0.39 is 21.9 Å². The van der Waals surface area contributed by atoms with Crippen LogP contribution in [0.4, 0.5) is 5.69 Å². The van der Waals surface area contributed by atoms with Gasteiger partial charge in [0, 0.05) is 23.9 Å². The lowest BCUT2D eigenvalue weighted by atomic mass is 10.1. The lowest BCUT2D eigenvalue weighted by Crippen LogP contribution is -2.20. The van der Waals surface area contributed by atoms with Gasteiger partial charge in [0.25, 0.3) is 10.0 Å². The molecule has 0 heterocycles. The number of benzene rings is 2. The number of aliphatic carboxylic acids is 1. The van der Waals surface area contributed by atoms with Gasteiger partial charge in [0.2, 0.25) is 5.91 Å². The third-order valence-corrected chi connectivity index (χ3v) is 5.19. The predicted octanol–water partition coefficient (Wildman–Crippen LogP) is 1.99. The van der Waals surface area contributed by atoms with E-state index in [2.05, 4.69) is 15.2 Å². The minimum Gasteiger partial charge on any atom is -0.497 e. The van der Waals surface area contributed by atoms with Crippen LogP contribution in [0.15, 0.2) is 64.6 Å². The van der Waals surface area contributed by atoms with Crippen molar-refractivity contribution in [1.29, 1.82) is 0 Å². The first-order valence-corrected chi connectivity index (χ1v) is 10.2. The Labute approximate surface area is 179 Å². The molecule has 0 aliphatic rings. The summed E-state index contributed by atoms with van der Waals surface area (Å²) in [6, 6.07) is 10.7. The first-order valence-electron chi connectivity index (χ1n) is 8.77. The first-order chi connectivity index (χ1) is 14.7. The molecule has 0 spiro atoms. The zero-order chi connectivity index (χ0) is 23.0. The van der Waals surface area contributed by atoms with Crippen molar-refractivity contribution < 1.29 is 32.6 Å². The van der Waals surface area contributed by atoms with Crippen LogP contribution in [-0.4, -0.2) is 45.3 Å². The van der Waals surface area contributed by atoms with Crippen LogP contribution in [0.1, 0.15) is 12.5 Å². The van der Waals surface area contributed by atoms with Gasteiger partial charge in [-0.05, 0) is 36.8 Å². The van der Waals surface area contributed by atoms with E-state index in [1.165, 1.54) is 32.4 Å². The monoisotopic (exact) mass is 447 g/mol. The predicted molar refractivity (Wildman–Crippen MR) is 114 cm³/mol. The quantitative estimate of drug-likeness (QED) is 0.303. The number of carboxylic acids is 1. The fraction of sp³-hybridized carbons (Fsp3) is 0.150. The van der Waals surface area contributed by atoms with Crippen molar-refractivity contribution in [1.82, 2.24) is 4.83 Å². The Balaban J connectivity index is 2.13. The molecule has 2 aromatic rings. The number of methoxy groups -OCH3 is 2. The number of amides is 1. The number of anilines is 1. The molecular formula is C20H21N3O7S. The van der Waals surface area contributed by atoms with Gasteiger partial charge in [-0.25, -0.2) is 4.79 Å². The maximum atomic E-state index is 12.6. The van der Waals surface area contributed by atoms with E-state index in [0.717, 1.165) is 12.2 Å². The third kappa shape index (κ3) is 6.57. The molecule has 0 atom stereocenters. The smallest absolute Gasteiger partial charge is 0.328 e. The van der Waals surface area contributed by atoms with Crippen molar-refractivity contribution in [2.24, 2.45) is 5.10 Å². The molecule has 0 aromatic heterocycles. The van der Waals surface area contributed by atoms with Crippen LogP contribution in [0, 0.1) is 0 Å². The summed E-state index contributed by atoms with van der Waals surface area (Å²) in [7, 11) is -1.20. The van der Waals surface area contributed by atoms with Crippen molar-refractivity contribution in [3.63, 3.8) is 0 Å². The maximum Gasteiger partial charge on any atom is 0.328 e. The van der Waals surface area contributed by atoms with Crippen molar-refractivity contribution >= 4 is 33.3 Å². The molecule has 1 amide bonds. The molecule has 0 saturated carbocycles. The zero-order valence-corrected chi connectivity index (χ0v) is 17.8. The Morgan fingerprint density at radius 3 is 2.29 bits per heavy atom. The fourth-order valence-electron chi connectivity index (χ4n) is 2.36. The molecule has 0 fully saturated rings. The van der Waals surface area contributed by atoms with Crippen LogP contribution >= 0.6 is 0 Å². The molecule has 3 N–H and O–H groups in total. The Hall–Kier alpha value is -3.86. The number of hydrogen-bond donors (Lipinski definition) is 3. The van der Waals surface area contributed by atoms with E-state index in [1.54, 1.807) is 31.2 Å². The Kier molecular flexibility index (Phi) is 7.75. The van der Waals surface area contributed by atoms with Gasteiger partial charge < -0.3 is 19.9 Å². The van der Waals surface area contributed by atoms with Crippen molar-refractivity contribution in [3.8, 4) is 11.5 Å². The molecule has 0 radical (unpaired) electrons. The highest BCUT2D eigenvalue weighted by Gasteiger charge is 2.20. The van der Waals surface area contributed by atoms with Gasteiger partial charge >= 0.3 is 5.97 Å². The number of ether oxygens (including phenoxy) is 2. The molecule has 0 bridgehead atoms. The van der Waals surface area contributed by atoms with Gasteiger partial charge in [-0.2, -0.15) is 18.4 Å². The molecule has 164 valence electrons. The number of carboxylic acid groups (broad SMARTS) is 1. The summed E-state index contributed by atoms with van der Waals surface area (Å²) in [5, 5.41) is 14.9. The normalized spacial score (nSPS) is 11.8. The number of carbonyl (C=O) groups is 2. The average molecular weight is 447 g/mol. The Morgan fingerprint density at radius 2 is 1.71 bits per heavy atom. The number of nitrogens with zero attached hydrogens (tertiary/aromatic N) is 1. The van der Waals surface area contributed by atoms with Gasteiger partial charge in [-0.1, -0.05) is 12.1 Å². The van der Waals surface area contributed by atoms with Crippen LogP contribution in [0.3, 0.4) is 0 Å². The van der Waals surface area contributed by atoms with Crippen molar-refractivity contribution in [2.45, 2.75) is 11.8 Å². The SMILES string of the molecule is COc1ccc(S(=O)(=O)NN=C(C)c2ccc(NC(=O)C=CC(=O)O)cc2)c(OC)c1. The van der Waals surface area contributed by atoms with Gasteiger partial charge in [-0.15, -0.1) is 0 Å². The molecule has 0 unspecified atom stereocenters. The molecule has 2 rings (SSSR count). The number of rotatable bonds is 9. The summed E-state index contributed by atoms with van der Waals surface area (Å²) in [5.41, 5.74) is 1.41. The molecule has 0 saturated heterocycles. The summed E-state index contributed by atoms with van der Waals surface area (Å²) >= 11 is 0. The van der Waals surface area contributed by atoms with E-state index in [1.807, 2.05) is 0 Å². The van der Waals surface area contributed by atoms with E-state index >= 15 is 0 Å². The van der Waals surface area contributed by atoms with Crippen LogP contribution in [0.5, 0.6) is 11.5 Å². The second kappa shape index (κ2) is 10.3. The largest absolute Gasteiger partial charge is 0.497 e.